The summed E-state index contributed by atoms with van der Waals surface area (Å²) < 4.78 is 33.1. The van der Waals surface area contributed by atoms with E-state index in [1.807, 2.05) is 6.92 Å². The van der Waals surface area contributed by atoms with Gasteiger partial charge in [-0.25, -0.2) is 13.4 Å². The van der Waals surface area contributed by atoms with E-state index in [0.29, 0.717) is 46.4 Å². The SMILES string of the molecule is CCOc1ccc(C(=O)Nc2nc3ccc(S(=O)(=O)N4CCCC4)cc3s2)cc1. The Morgan fingerprint density at radius 2 is 1.90 bits per heavy atom. The zero-order chi connectivity index (χ0) is 20.4. The van der Waals surface area contributed by atoms with Crippen molar-refractivity contribution >= 4 is 42.6 Å². The van der Waals surface area contributed by atoms with Crippen LogP contribution in [0.2, 0.25) is 0 Å². The third-order valence-corrected chi connectivity index (χ3v) is 7.54. The van der Waals surface area contributed by atoms with Crippen LogP contribution in [0.4, 0.5) is 5.13 Å². The van der Waals surface area contributed by atoms with Gasteiger partial charge >= 0.3 is 0 Å². The third kappa shape index (κ3) is 4.12. The lowest BCUT2D eigenvalue weighted by molar-refractivity contribution is 0.102. The second-order valence-corrected chi connectivity index (χ2v) is 9.64. The van der Waals surface area contributed by atoms with Crippen LogP contribution >= 0.6 is 11.3 Å². The summed E-state index contributed by atoms with van der Waals surface area (Å²) >= 11 is 1.25. The molecule has 1 aliphatic heterocycles. The van der Waals surface area contributed by atoms with Gasteiger partial charge in [0.05, 0.1) is 21.7 Å². The van der Waals surface area contributed by atoms with Crippen molar-refractivity contribution in [2.75, 3.05) is 25.0 Å². The average Bonchev–Trinajstić information content (AvgIpc) is 3.38. The average molecular weight is 432 g/mol. The topological polar surface area (TPSA) is 88.6 Å². The van der Waals surface area contributed by atoms with E-state index in [2.05, 4.69) is 10.3 Å². The Morgan fingerprint density at radius 3 is 2.59 bits per heavy atom. The number of carbonyl (C=O) groups excluding carboxylic acids is 1. The number of thiazole rings is 1. The summed E-state index contributed by atoms with van der Waals surface area (Å²) in [6, 6.07) is 11.8. The molecule has 0 spiro atoms. The molecule has 1 amide bonds. The van der Waals surface area contributed by atoms with Gasteiger partial charge in [0, 0.05) is 18.7 Å². The largest absolute Gasteiger partial charge is 0.494 e. The van der Waals surface area contributed by atoms with E-state index in [1.165, 1.54) is 15.6 Å². The van der Waals surface area contributed by atoms with E-state index >= 15 is 0 Å². The maximum atomic E-state index is 12.8. The van der Waals surface area contributed by atoms with Crippen molar-refractivity contribution in [1.82, 2.24) is 9.29 Å². The number of hydrogen-bond acceptors (Lipinski definition) is 6. The first-order chi connectivity index (χ1) is 14.0. The highest BCUT2D eigenvalue weighted by Gasteiger charge is 2.27. The minimum atomic E-state index is -3.48. The van der Waals surface area contributed by atoms with Crippen LogP contribution in [0.5, 0.6) is 5.75 Å². The first-order valence-corrected chi connectivity index (χ1v) is 11.7. The van der Waals surface area contributed by atoms with E-state index in [9.17, 15) is 13.2 Å². The fraction of sp³-hybridized carbons (Fsp3) is 0.300. The highest BCUT2D eigenvalue weighted by atomic mass is 32.2. The molecule has 1 N–H and O–H groups in total. The Morgan fingerprint density at radius 1 is 1.17 bits per heavy atom. The number of amides is 1. The number of fused-ring (bicyclic) bond motifs is 1. The van der Waals surface area contributed by atoms with Gasteiger partial charge in [-0.3, -0.25) is 10.1 Å². The lowest BCUT2D eigenvalue weighted by atomic mass is 10.2. The molecule has 1 saturated heterocycles. The number of hydrogen-bond donors (Lipinski definition) is 1. The number of sulfonamides is 1. The third-order valence-electron chi connectivity index (χ3n) is 4.71. The zero-order valence-electron chi connectivity index (χ0n) is 15.9. The Bertz CT molecular complexity index is 1130. The normalized spacial score (nSPS) is 14.9. The molecule has 0 aliphatic carbocycles. The molecule has 0 atom stereocenters. The molecular weight excluding hydrogens is 410 g/mol. The van der Waals surface area contributed by atoms with Gasteiger partial charge in [-0.1, -0.05) is 11.3 Å². The molecule has 0 bridgehead atoms. The molecule has 4 rings (SSSR count). The summed E-state index contributed by atoms with van der Waals surface area (Å²) in [5.74, 6) is 0.424. The Hall–Kier alpha value is -2.49. The fourth-order valence-electron chi connectivity index (χ4n) is 3.23. The van der Waals surface area contributed by atoms with Crippen molar-refractivity contribution in [3.8, 4) is 5.75 Å². The molecule has 9 heteroatoms. The molecule has 1 aromatic heterocycles. The molecule has 0 radical (unpaired) electrons. The summed E-state index contributed by atoms with van der Waals surface area (Å²) in [7, 11) is -3.48. The van der Waals surface area contributed by atoms with Gasteiger partial charge in [0.25, 0.3) is 5.91 Å². The molecule has 152 valence electrons. The van der Waals surface area contributed by atoms with Gasteiger partial charge in [0.2, 0.25) is 10.0 Å². The molecule has 0 saturated carbocycles. The monoisotopic (exact) mass is 431 g/mol. The quantitative estimate of drug-likeness (QED) is 0.642. The van der Waals surface area contributed by atoms with E-state index in [1.54, 1.807) is 42.5 Å². The zero-order valence-corrected chi connectivity index (χ0v) is 17.6. The summed E-state index contributed by atoms with van der Waals surface area (Å²) in [5, 5.41) is 3.21. The molecule has 29 heavy (non-hydrogen) atoms. The first-order valence-electron chi connectivity index (χ1n) is 9.42. The summed E-state index contributed by atoms with van der Waals surface area (Å²) in [6.07, 6.45) is 1.79. The van der Waals surface area contributed by atoms with Crippen LogP contribution in [0, 0.1) is 0 Å². The Kier molecular flexibility index (Phi) is 5.53. The van der Waals surface area contributed by atoms with Crippen LogP contribution in [0.1, 0.15) is 30.1 Å². The molecule has 1 aliphatic rings. The van der Waals surface area contributed by atoms with Gasteiger partial charge in [-0.05, 0) is 62.2 Å². The van der Waals surface area contributed by atoms with Crippen molar-refractivity contribution in [2.45, 2.75) is 24.7 Å². The smallest absolute Gasteiger partial charge is 0.257 e. The maximum absolute atomic E-state index is 12.8. The molecule has 0 unspecified atom stereocenters. The van der Waals surface area contributed by atoms with Crippen LogP contribution in [-0.4, -0.2) is 43.3 Å². The lowest BCUT2D eigenvalue weighted by Crippen LogP contribution is -2.27. The predicted octanol–water partition coefficient (Wildman–Crippen LogP) is 3.73. The van der Waals surface area contributed by atoms with Gasteiger partial charge in [0.15, 0.2) is 5.13 Å². The number of carbonyl (C=O) groups is 1. The molecule has 1 fully saturated rings. The summed E-state index contributed by atoms with van der Waals surface area (Å²) in [6.45, 7) is 3.58. The molecule has 2 heterocycles. The number of aromatic nitrogens is 1. The van der Waals surface area contributed by atoms with Gasteiger partial charge < -0.3 is 4.74 Å². The second kappa shape index (κ2) is 8.10. The Labute approximate surface area is 173 Å². The van der Waals surface area contributed by atoms with E-state index in [-0.39, 0.29) is 10.8 Å². The van der Waals surface area contributed by atoms with Crippen LogP contribution in [0.15, 0.2) is 47.4 Å². The fourth-order valence-corrected chi connectivity index (χ4v) is 5.75. The highest BCUT2D eigenvalue weighted by molar-refractivity contribution is 7.89. The minimum Gasteiger partial charge on any atom is -0.494 e. The van der Waals surface area contributed by atoms with E-state index in [4.69, 9.17) is 4.74 Å². The van der Waals surface area contributed by atoms with Crippen molar-refractivity contribution in [1.29, 1.82) is 0 Å². The number of nitrogens with one attached hydrogen (secondary N) is 1. The number of ether oxygens (including phenoxy) is 1. The van der Waals surface area contributed by atoms with Crippen LogP contribution in [-0.2, 0) is 10.0 Å². The van der Waals surface area contributed by atoms with Gasteiger partial charge in [-0.2, -0.15) is 4.31 Å². The minimum absolute atomic E-state index is 0.264. The molecular formula is C20H21N3O4S2. The Balaban J connectivity index is 1.53. The molecule has 7 nitrogen and oxygen atoms in total. The van der Waals surface area contributed by atoms with E-state index < -0.39 is 10.0 Å². The number of nitrogens with zero attached hydrogens (tertiary/aromatic N) is 2. The van der Waals surface area contributed by atoms with Crippen molar-refractivity contribution in [3.63, 3.8) is 0 Å². The second-order valence-electron chi connectivity index (χ2n) is 6.67. The predicted molar refractivity (Wildman–Crippen MR) is 113 cm³/mol. The van der Waals surface area contributed by atoms with Crippen LogP contribution in [0.25, 0.3) is 10.2 Å². The first kappa shape index (κ1) is 19.8. The summed E-state index contributed by atoms with van der Waals surface area (Å²) in [5.41, 5.74) is 1.14. The van der Waals surface area contributed by atoms with E-state index in [0.717, 1.165) is 12.8 Å². The lowest BCUT2D eigenvalue weighted by Gasteiger charge is -2.15. The van der Waals surface area contributed by atoms with Crippen LogP contribution in [0.3, 0.4) is 0 Å². The molecule has 2 aromatic carbocycles. The van der Waals surface area contributed by atoms with Crippen molar-refractivity contribution < 1.29 is 17.9 Å². The van der Waals surface area contributed by atoms with Crippen LogP contribution < -0.4 is 10.1 Å². The number of anilines is 1. The summed E-state index contributed by atoms with van der Waals surface area (Å²) in [4.78, 5) is 17.1. The maximum Gasteiger partial charge on any atom is 0.257 e. The highest BCUT2D eigenvalue weighted by Crippen LogP contribution is 2.30. The van der Waals surface area contributed by atoms with Gasteiger partial charge in [0.1, 0.15) is 5.75 Å². The van der Waals surface area contributed by atoms with Crippen molar-refractivity contribution in [3.05, 3.63) is 48.0 Å². The number of rotatable bonds is 6. The number of benzene rings is 2. The van der Waals surface area contributed by atoms with Gasteiger partial charge in [-0.15, -0.1) is 0 Å². The molecule has 3 aromatic rings. The van der Waals surface area contributed by atoms with Crippen molar-refractivity contribution in [2.24, 2.45) is 0 Å². The standard InChI is InChI=1S/C20H21N3O4S2/c1-2-27-15-7-5-14(6-8-15)19(24)22-20-21-17-10-9-16(13-18(17)28-20)29(25,26)23-11-3-4-12-23/h5-10,13H,2-4,11-12H2,1H3,(H,21,22,24).